The van der Waals surface area contributed by atoms with Gasteiger partial charge in [-0.1, -0.05) is 26.7 Å². The van der Waals surface area contributed by atoms with Crippen molar-refractivity contribution in [2.75, 3.05) is 25.2 Å². The minimum Gasteiger partial charge on any atom is -0.468 e. The van der Waals surface area contributed by atoms with E-state index in [0.717, 1.165) is 31.6 Å². The molecule has 3 nitrogen and oxygen atoms in total. The molecule has 0 rings (SSSR count). The highest BCUT2D eigenvalue weighted by Gasteiger charge is 2.32. The predicted octanol–water partition coefficient (Wildman–Crippen LogP) is 3.62. The third kappa shape index (κ3) is 8.53. The summed E-state index contributed by atoms with van der Waals surface area (Å²) >= 11 is 2.00. The van der Waals surface area contributed by atoms with Crippen LogP contribution in [0.5, 0.6) is 0 Å². The smallest absolute Gasteiger partial charge is 0.325 e. The second-order valence-electron chi connectivity index (χ2n) is 5.17. The van der Waals surface area contributed by atoms with Gasteiger partial charge < -0.3 is 10.1 Å². The molecular weight excluding hydrogens is 258 g/mol. The van der Waals surface area contributed by atoms with Crippen molar-refractivity contribution in [1.29, 1.82) is 0 Å². The Morgan fingerprint density at radius 3 is 2.42 bits per heavy atom. The number of hydrogen-bond acceptors (Lipinski definition) is 4. The molecule has 19 heavy (non-hydrogen) atoms. The number of methoxy groups -OCH3 is 1. The number of unbranched alkanes of at least 4 members (excludes halogenated alkanes) is 2. The fourth-order valence-electron chi connectivity index (χ4n) is 1.97. The molecule has 1 atom stereocenters. The maximum absolute atomic E-state index is 11.9. The molecule has 114 valence electrons. The normalized spacial score (nSPS) is 14.1. The van der Waals surface area contributed by atoms with E-state index in [0.29, 0.717) is 0 Å². The van der Waals surface area contributed by atoms with E-state index in [9.17, 15) is 4.79 Å². The lowest BCUT2D eigenvalue weighted by Gasteiger charge is -2.28. The molecule has 0 fully saturated rings. The monoisotopic (exact) mass is 289 g/mol. The summed E-state index contributed by atoms with van der Waals surface area (Å²) in [5.74, 6) is 2.23. The first-order chi connectivity index (χ1) is 9.10. The number of carbonyl (C=O) groups excluding carboxylic acids is 1. The van der Waals surface area contributed by atoms with Crippen LogP contribution in [-0.2, 0) is 9.53 Å². The van der Waals surface area contributed by atoms with Crippen molar-refractivity contribution in [2.45, 2.75) is 64.8 Å². The Bertz CT molecular complexity index is 236. The quantitative estimate of drug-likeness (QED) is 0.440. The Hall–Kier alpha value is -0.220. The fraction of sp³-hybridized carbons (Fsp3) is 0.933. The molecule has 0 radical (unpaired) electrons. The van der Waals surface area contributed by atoms with Crippen LogP contribution in [0.15, 0.2) is 0 Å². The van der Waals surface area contributed by atoms with E-state index in [4.69, 9.17) is 4.74 Å². The zero-order valence-corrected chi connectivity index (χ0v) is 13.9. The largest absolute Gasteiger partial charge is 0.468 e. The Morgan fingerprint density at radius 2 is 1.84 bits per heavy atom. The highest BCUT2D eigenvalue weighted by atomic mass is 32.2. The molecule has 0 heterocycles. The average molecular weight is 289 g/mol. The summed E-state index contributed by atoms with van der Waals surface area (Å²) in [4.78, 5) is 11.9. The van der Waals surface area contributed by atoms with Crippen LogP contribution >= 0.6 is 11.8 Å². The van der Waals surface area contributed by atoms with Crippen LogP contribution in [0.4, 0.5) is 0 Å². The highest BCUT2D eigenvalue weighted by molar-refractivity contribution is 7.99. The first-order valence-corrected chi connectivity index (χ1v) is 8.67. The Labute approximate surface area is 123 Å². The highest BCUT2D eigenvalue weighted by Crippen LogP contribution is 2.17. The van der Waals surface area contributed by atoms with Crippen molar-refractivity contribution in [3.05, 3.63) is 0 Å². The van der Waals surface area contributed by atoms with Gasteiger partial charge in [-0.15, -0.1) is 0 Å². The minimum absolute atomic E-state index is 0.142. The van der Waals surface area contributed by atoms with E-state index < -0.39 is 5.54 Å². The Morgan fingerprint density at radius 1 is 1.16 bits per heavy atom. The minimum atomic E-state index is -0.519. The van der Waals surface area contributed by atoms with E-state index >= 15 is 0 Å². The van der Waals surface area contributed by atoms with E-state index in [1.807, 2.05) is 18.7 Å². The van der Waals surface area contributed by atoms with Gasteiger partial charge in [-0.3, -0.25) is 4.79 Å². The zero-order chi connectivity index (χ0) is 14.6. The van der Waals surface area contributed by atoms with E-state index in [1.54, 1.807) is 0 Å². The molecule has 0 aliphatic heterocycles. The Kier molecular flexibility index (Phi) is 11.5. The van der Waals surface area contributed by atoms with Crippen molar-refractivity contribution in [1.82, 2.24) is 5.32 Å². The number of hydrogen-bond donors (Lipinski definition) is 1. The molecule has 0 amide bonds. The van der Waals surface area contributed by atoms with Crippen LogP contribution in [0.1, 0.15) is 59.3 Å². The number of nitrogens with one attached hydrogen (secondary N) is 1. The van der Waals surface area contributed by atoms with Gasteiger partial charge in [0.05, 0.1) is 7.11 Å². The summed E-state index contributed by atoms with van der Waals surface area (Å²) in [6.45, 7) is 7.14. The van der Waals surface area contributed by atoms with Gasteiger partial charge in [0.15, 0.2) is 0 Å². The molecule has 0 spiro atoms. The summed E-state index contributed by atoms with van der Waals surface area (Å²) < 4.78 is 4.91. The second kappa shape index (κ2) is 11.6. The summed E-state index contributed by atoms with van der Waals surface area (Å²) in [6, 6.07) is 0. The second-order valence-corrected chi connectivity index (χ2v) is 6.40. The van der Waals surface area contributed by atoms with Gasteiger partial charge in [0.25, 0.3) is 0 Å². The molecule has 0 bridgehead atoms. The van der Waals surface area contributed by atoms with Crippen LogP contribution in [0.2, 0.25) is 0 Å². The molecule has 0 aliphatic carbocycles. The SMILES string of the molecule is CCCCCSCCCC(C)(NCCC)C(=O)OC. The molecule has 0 saturated heterocycles. The molecule has 0 aromatic carbocycles. The number of thioether (sulfide) groups is 1. The third-order valence-electron chi connectivity index (χ3n) is 3.26. The first kappa shape index (κ1) is 18.8. The fourth-order valence-corrected chi connectivity index (χ4v) is 2.93. The van der Waals surface area contributed by atoms with Gasteiger partial charge in [-0.25, -0.2) is 0 Å². The predicted molar refractivity (Wildman–Crippen MR) is 84.8 cm³/mol. The average Bonchev–Trinajstić information content (AvgIpc) is 2.43. The summed E-state index contributed by atoms with van der Waals surface area (Å²) in [5, 5.41) is 3.32. The number of esters is 1. The lowest BCUT2D eigenvalue weighted by atomic mass is 9.96. The third-order valence-corrected chi connectivity index (χ3v) is 4.41. The molecule has 0 aromatic rings. The van der Waals surface area contributed by atoms with Gasteiger partial charge in [-0.05, 0) is 50.7 Å². The van der Waals surface area contributed by atoms with E-state index in [2.05, 4.69) is 19.2 Å². The lowest BCUT2D eigenvalue weighted by Crippen LogP contribution is -2.50. The summed E-state index contributed by atoms with van der Waals surface area (Å²) in [6.07, 6.45) is 6.84. The number of ether oxygens (including phenoxy) is 1. The van der Waals surface area contributed by atoms with Gasteiger partial charge in [0, 0.05) is 0 Å². The van der Waals surface area contributed by atoms with Crippen molar-refractivity contribution in [3.63, 3.8) is 0 Å². The van der Waals surface area contributed by atoms with Crippen LogP contribution in [0, 0.1) is 0 Å². The molecular formula is C15H31NO2S. The van der Waals surface area contributed by atoms with Crippen molar-refractivity contribution < 1.29 is 9.53 Å². The van der Waals surface area contributed by atoms with Gasteiger partial charge in [0.2, 0.25) is 0 Å². The molecule has 0 aliphatic rings. The molecule has 4 heteroatoms. The van der Waals surface area contributed by atoms with Crippen LogP contribution < -0.4 is 5.32 Å². The van der Waals surface area contributed by atoms with Crippen molar-refractivity contribution >= 4 is 17.7 Å². The maximum Gasteiger partial charge on any atom is 0.325 e. The standard InChI is InChI=1S/C15H31NO2S/c1-5-7-8-12-19-13-9-10-15(3,14(17)18-4)16-11-6-2/h16H,5-13H2,1-4H3. The zero-order valence-electron chi connectivity index (χ0n) is 13.1. The van der Waals surface area contributed by atoms with Crippen molar-refractivity contribution in [3.8, 4) is 0 Å². The molecule has 0 aromatic heterocycles. The first-order valence-electron chi connectivity index (χ1n) is 7.52. The topological polar surface area (TPSA) is 38.3 Å². The van der Waals surface area contributed by atoms with Gasteiger partial charge >= 0.3 is 5.97 Å². The van der Waals surface area contributed by atoms with E-state index in [1.165, 1.54) is 32.1 Å². The molecule has 0 saturated carbocycles. The van der Waals surface area contributed by atoms with Gasteiger partial charge in [0.1, 0.15) is 5.54 Å². The molecule has 1 N–H and O–H groups in total. The van der Waals surface area contributed by atoms with Crippen LogP contribution in [-0.4, -0.2) is 36.7 Å². The van der Waals surface area contributed by atoms with Crippen LogP contribution in [0.25, 0.3) is 0 Å². The summed E-state index contributed by atoms with van der Waals surface area (Å²) in [7, 11) is 1.47. The Balaban J connectivity index is 3.89. The van der Waals surface area contributed by atoms with Gasteiger partial charge in [-0.2, -0.15) is 11.8 Å². The van der Waals surface area contributed by atoms with Crippen molar-refractivity contribution in [2.24, 2.45) is 0 Å². The summed E-state index contributed by atoms with van der Waals surface area (Å²) in [5.41, 5.74) is -0.519. The number of rotatable bonds is 12. The molecule has 1 unspecified atom stereocenters. The maximum atomic E-state index is 11.9. The number of carbonyl (C=O) groups is 1. The van der Waals surface area contributed by atoms with Crippen LogP contribution in [0.3, 0.4) is 0 Å². The lowest BCUT2D eigenvalue weighted by molar-refractivity contribution is -0.148. The van der Waals surface area contributed by atoms with E-state index in [-0.39, 0.29) is 5.97 Å².